The van der Waals surface area contributed by atoms with E-state index in [1.54, 1.807) is 19.9 Å². The molecule has 3 rings (SSSR count). The summed E-state index contributed by atoms with van der Waals surface area (Å²) in [4.78, 5) is 22.3. The van der Waals surface area contributed by atoms with Gasteiger partial charge in [0.05, 0.1) is 5.69 Å². The van der Waals surface area contributed by atoms with Crippen LogP contribution in [0, 0.1) is 0 Å². The summed E-state index contributed by atoms with van der Waals surface area (Å²) in [6.07, 6.45) is 12.6. The Balaban J connectivity index is 1.85. The predicted molar refractivity (Wildman–Crippen MR) is 107 cm³/mol. The van der Waals surface area contributed by atoms with Gasteiger partial charge in [0.25, 0.3) is 5.91 Å². The standard InChI is InChI=1S/C22H35N3O2/c1-21(2,27)18-15-17(23-19(24-18)16-11-7-8-12-16)20(26)25-22(3)13-9-5-4-6-10-14-22/h15-16,27H,4-14H2,1-3H3,(H,25,26). The Kier molecular flexibility index (Phi) is 6.19. The molecule has 2 aliphatic carbocycles. The molecule has 150 valence electrons. The zero-order valence-electron chi connectivity index (χ0n) is 17.2. The van der Waals surface area contributed by atoms with Gasteiger partial charge in [-0.05, 0) is 52.5 Å². The molecule has 0 unspecified atom stereocenters. The second kappa shape index (κ2) is 8.26. The van der Waals surface area contributed by atoms with Crippen LogP contribution in [0.15, 0.2) is 6.07 Å². The Labute approximate surface area is 163 Å². The van der Waals surface area contributed by atoms with Crippen LogP contribution in [0.2, 0.25) is 0 Å². The van der Waals surface area contributed by atoms with Crippen LogP contribution in [0.4, 0.5) is 0 Å². The minimum Gasteiger partial charge on any atom is -0.384 e. The smallest absolute Gasteiger partial charge is 0.270 e. The van der Waals surface area contributed by atoms with E-state index in [-0.39, 0.29) is 11.4 Å². The van der Waals surface area contributed by atoms with Crippen LogP contribution in [0.3, 0.4) is 0 Å². The summed E-state index contributed by atoms with van der Waals surface area (Å²) in [6.45, 7) is 5.59. The number of aliphatic hydroxyl groups is 1. The van der Waals surface area contributed by atoms with Crippen LogP contribution in [0.1, 0.15) is 119 Å². The van der Waals surface area contributed by atoms with Crippen molar-refractivity contribution in [3.8, 4) is 0 Å². The van der Waals surface area contributed by atoms with Gasteiger partial charge in [-0.2, -0.15) is 0 Å². The molecule has 1 heterocycles. The first-order valence-electron chi connectivity index (χ1n) is 10.7. The molecule has 2 aliphatic rings. The quantitative estimate of drug-likeness (QED) is 0.809. The highest BCUT2D eigenvalue weighted by molar-refractivity contribution is 5.93. The summed E-state index contributed by atoms with van der Waals surface area (Å²) in [5.74, 6) is 0.890. The van der Waals surface area contributed by atoms with Crippen LogP contribution >= 0.6 is 0 Å². The molecule has 0 aliphatic heterocycles. The zero-order chi connectivity index (χ0) is 19.5. The van der Waals surface area contributed by atoms with E-state index in [2.05, 4.69) is 22.2 Å². The number of amides is 1. The molecule has 5 nitrogen and oxygen atoms in total. The van der Waals surface area contributed by atoms with E-state index in [9.17, 15) is 9.90 Å². The van der Waals surface area contributed by atoms with Crippen molar-refractivity contribution < 1.29 is 9.90 Å². The van der Waals surface area contributed by atoms with E-state index in [0.29, 0.717) is 17.3 Å². The van der Waals surface area contributed by atoms with Crippen LogP contribution in [0.5, 0.6) is 0 Å². The fraction of sp³-hybridized carbons (Fsp3) is 0.773. The molecule has 0 radical (unpaired) electrons. The van der Waals surface area contributed by atoms with Crippen molar-refractivity contribution in [2.75, 3.05) is 0 Å². The molecular weight excluding hydrogens is 338 g/mol. The topological polar surface area (TPSA) is 75.1 Å². The summed E-state index contributed by atoms with van der Waals surface area (Å²) in [5, 5.41) is 13.7. The van der Waals surface area contributed by atoms with Crippen molar-refractivity contribution in [3.63, 3.8) is 0 Å². The SMILES string of the molecule is CC1(NC(=O)c2cc(C(C)(C)O)nc(C3CCCC3)n2)CCCCCCC1. The van der Waals surface area contributed by atoms with Gasteiger partial charge in [-0.1, -0.05) is 44.9 Å². The van der Waals surface area contributed by atoms with Gasteiger partial charge in [0.15, 0.2) is 0 Å². The van der Waals surface area contributed by atoms with Crippen molar-refractivity contribution in [1.82, 2.24) is 15.3 Å². The van der Waals surface area contributed by atoms with E-state index in [1.807, 2.05) is 0 Å². The van der Waals surface area contributed by atoms with Crippen molar-refractivity contribution >= 4 is 5.91 Å². The van der Waals surface area contributed by atoms with Crippen LogP contribution < -0.4 is 5.32 Å². The third-order valence-corrected chi connectivity index (χ3v) is 6.20. The van der Waals surface area contributed by atoms with Crippen LogP contribution in [0.25, 0.3) is 0 Å². The molecule has 2 saturated carbocycles. The number of hydrogen-bond acceptors (Lipinski definition) is 4. The fourth-order valence-electron chi connectivity index (χ4n) is 4.41. The molecule has 0 spiro atoms. The lowest BCUT2D eigenvalue weighted by atomic mass is 9.85. The van der Waals surface area contributed by atoms with Gasteiger partial charge in [-0.15, -0.1) is 0 Å². The third-order valence-electron chi connectivity index (χ3n) is 6.20. The van der Waals surface area contributed by atoms with Crippen molar-refractivity contribution in [2.24, 2.45) is 0 Å². The molecule has 1 aromatic rings. The molecular formula is C22H35N3O2. The minimum atomic E-state index is -1.09. The first kappa shape index (κ1) is 20.2. The number of carbonyl (C=O) groups is 1. The predicted octanol–water partition coefficient (Wildman–Crippen LogP) is 4.59. The zero-order valence-corrected chi connectivity index (χ0v) is 17.2. The van der Waals surface area contributed by atoms with Gasteiger partial charge >= 0.3 is 0 Å². The lowest BCUT2D eigenvalue weighted by Crippen LogP contribution is -2.46. The highest BCUT2D eigenvalue weighted by Gasteiger charge is 2.30. The van der Waals surface area contributed by atoms with Gasteiger partial charge in [-0.25, -0.2) is 9.97 Å². The molecule has 0 bridgehead atoms. The molecule has 27 heavy (non-hydrogen) atoms. The molecule has 1 amide bonds. The second-order valence-electron chi connectivity index (χ2n) is 9.32. The molecule has 0 saturated heterocycles. The molecule has 5 heteroatoms. The number of carbonyl (C=O) groups excluding carboxylic acids is 1. The van der Waals surface area contributed by atoms with E-state index in [1.165, 1.54) is 32.1 Å². The average Bonchev–Trinajstić information content (AvgIpc) is 3.12. The monoisotopic (exact) mass is 373 g/mol. The molecule has 0 aromatic carbocycles. The summed E-state index contributed by atoms with van der Waals surface area (Å²) in [5.41, 5.74) is -0.333. The van der Waals surface area contributed by atoms with Gasteiger partial charge in [-0.3, -0.25) is 4.79 Å². The number of aromatic nitrogens is 2. The summed E-state index contributed by atoms with van der Waals surface area (Å²) >= 11 is 0. The molecule has 1 aromatic heterocycles. The first-order valence-corrected chi connectivity index (χ1v) is 10.7. The average molecular weight is 374 g/mol. The maximum absolute atomic E-state index is 13.1. The van der Waals surface area contributed by atoms with Crippen molar-refractivity contribution in [3.05, 3.63) is 23.3 Å². The molecule has 0 atom stereocenters. The first-order chi connectivity index (χ1) is 12.8. The van der Waals surface area contributed by atoms with Crippen LogP contribution in [-0.2, 0) is 5.60 Å². The Hall–Kier alpha value is -1.49. The number of nitrogens with one attached hydrogen (secondary N) is 1. The Bertz CT molecular complexity index is 652. The lowest BCUT2D eigenvalue weighted by molar-refractivity contribution is 0.0729. The van der Waals surface area contributed by atoms with E-state index < -0.39 is 5.60 Å². The van der Waals surface area contributed by atoms with E-state index in [4.69, 9.17) is 0 Å². The van der Waals surface area contributed by atoms with Gasteiger partial charge in [0.1, 0.15) is 17.1 Å². The molecule has 2 fully saturated rings. The van der Waals surface area contributed by atoms with Crippen LogP contribution in [-0.4, -0.2) is 26.5 Å². The van der Waals surface area contributed by atoms with Crippen molar-refractivity contribution in [2.45, 2.75) is 108 Å². The fourth-order valence-corrected chi connectivity index (χ4v) is 4.41. The number of rotatable bonds is 4. The highest BCUT2D eigenvalue weighted by atomic mass is 16.3. The van der Waals surface area contributed by atoms with Gasteiger partial charge < -0.3 is 10.4 Å². The summed E-state index contributed by atoms with van der Waals surface area (Å²) in [6, 6.07) is 1.67. The second-order valence-corrected chi connectivity index (χ2v) is 9.32. The Morgan fingerprint density at radius 3 is 2.26 bits per heavy atom. The largest absolute Gasteiger partial charge is 0.384 e. The summed E-state index contributed by atoms with van der Waals surface area (Å²) in [7, 11) is 0. The molecule has 2 N–H and O–H groups in total. The lowest BCUT2D eigenvalue weighted by Gasteiger charge is -2.32. The van der Waals surface area contributed by atoms with E-state index >= 15 is 0 Å². The van der Waals surface area contributed by atoms with Gasteiger partial charge in [0.2, 0.25) is 0 Å². The van der Waals surface area contributed by atoms with Crippen molar-refractivity contribution in [1.29, 1.82) is 0 Å². The Morgan fingerprint density at radius 2 is 1.67 bits per heavy atom. The number of nitrogens with zero attached hydrogens (tertiary/aromatic N) is 2. The minimum absolute atomic E-state index is 0.134. The summed E-state index contributed by atoms with van der Waals surface area (Å²) < 4.78 is 0. The normalized spacial score (nSPS) is 21.5. The highest BCUT2D eigenvalue weighted by Crippen LogP contribution is 2.33. The third kappa shape index (κ3) is 5.28. The Morgan fingerprint density at radius 1 is 1.07 bits per heavy atom. The maximum atomic E-state index is 13.1. The maximum Gasteiger partial charge on any atom is 0.270 e. The van der Waals surface area contributed by atoms with Gasteiger partial charge in [0, 0.05) is 11.5 Å². The van der Waals surface area contributed by atoms with E-state index in [0.717, 1.165) is 44.3 Å². The number of hydrogen-bond donors (Lipinski definition) is 2.